The lowest BCUT2D eigenvalue weighted by atomic mass is 10.2. The van der Waals surface area contributed by atoms with Crippen LogP contribution in [0.1, 0.15) is 15.9 Å². The van der Waals surface area contributed by atoms with E-state index in [4.69, 9.17) is 0 Å². The van der Waals surface area contributed by atoms with Gasteiger partial charge in [-0.05, 0) is 36.8 Å². The molecule has 0 aliphatic carbocycles. The fourth-order valence-electron chi connectivity index (χ4n) is 1.52. The van der Waals surface area contributed by atoms with Gasteiger partial charge in [0.05, 0.1) is 11.0 Å². The second-order valence-electron chi connectivity index (χ2n) is 3.97. The van der Waals surface area contributed by atoms with E-state index in [1.165, 1.54) is 11.8 Å². The standard InChI is InChI=1S/C9H6N2O.C7H7/c12-6-7-4-9-8(11-5-7)2-1-3-10-9;1-7-5-3-2-4-6-7/h1-6H;2-5H,1H3. The Morgan fingerprint density at radius 3 is 2.63 bits per heavy atom. The van der Waals surface area contributed by atoms with E-state index >= 15 is 0 Å². The minimum Gasteiger partial charge on any atom is -0.298 e. The van der Waals surface area contributed by atoms with E-state index in [-0.39, 0.29) is 0 Å². The van der Waals surface area contributed by atoms with Crippen LogP contribution in [0.15, 0.2) is 54.9 Å². The molecule has 0 unspecified atom stereocenters. The third-order valence-electron chi connectivity index (χ3n) is 2.47. The summed E-state index contributed by atoms with van der Waals surface area (Å²) in [4.78, 5) is 18.5. The Labute approximate surface area is 112 Å². The molecule has 3 nitrogen and oxygen atoms in total. The van der Waals surface area contributed by atoms with Crippen LogP contribution in [0.2, 0.25) is 0 Å². The first kappa shape index (κ1) is 12.9. The summed E-state index contributed by atoms with van der Waals surface area (Å²) in [6.45, 7) is 2.03. The number of aryl methyl sites for hydroxylation is 1. The fourth-order valence-corrected chi connectivity index (χ4v) is 1.52. The molecule has 2 heterocycles. The van der Waals surface area contributed by atoms with Crippen molar-refractivity contribution in [1.29, 1.82) is 0 Å². The average molecular weight is 249 g/mol. The highest BCUT2D eigenvalue weighted by Crippen LogP contribution is 2.07. The summed E-state index contributed by atoms with van der Waals surface area (Å²) in [5, 5.41) is 0. The molecule has 0 N–H and O–H groups in total. The van der Waals surface area contributed by atoms with E-state index < -0.39 is 0 Å². The average Bonchev–Trinajstić information content (AvgIpc) is 2.48. The summed E-state index contributed by atoms with van der Waals surface area (Å²) in [7, 11) is 0. The van der Waals surface area contributed by atoms with E-state index in [9.17, 15) is 4.79 Å². The first-order chi connectivity index (χ1) is 9.29. The molecule has 3 heteroatoms. The van der Waals surface area contributed by atoms with Crippen LogP contribution in [0, 0.1) is 13.0 Å². The summed E-state index contributed by atoms with van der Waals surface area (Å²) in [5.41, 5.74) is 3.31. The number of pyridine rings is 2. The zero-order valence-electron chi connectivity index (χ0n) is 10.6. The van der Waals surface area contributed by atoms with Gasteiger partial charge < -0.3 is 0 Å². The van der Waals surface area contributed by atoms with Crippen LogP contribution >= 0.6 is 0 Å². The molecule has 0 saturated carbocycles. The normalized spacial score (nSPS) is 9.53. The zero-order valence-corrected chi connectivity index (χ0v) is 10.6. The Kier molecular flexibility index (Phi) is 4.34. The molecular formula is C16H13N2O. The summed E-state index contributed by atoms with van der Waals surface area (Å²) in [6.07, 6.45) is 3.98. The maximum atomic E-state index is 10.4. The number of carbonyl (C=O) groups is 1. The highest BCUT2D eigenvalue weighted by molar-refractivity contribution is 5.82. The molecule has 0 atom stereocenters. The molecule has 0 spiro atoms. The first-order valence-electron chi connectivity index (χ1n) is 5.89. The van der Waals surface area contributed by atoms with Gasteiger partial charge in [-0.25, -0.2) is 0 Å². The van der Waals surface area contributed by atoms with Crippen LogP contribution in [0.4, 0.5) is 0 Å². The maximum Gasteiger partial charge on any atom is 0.151 e. The number of aromatic nitrogens is 2. The number of rotatable bonds is 1. The maximum absolute atomic E-state index is 10.4. The van der Waals surface area contributed by atoms with E-state index in [1.807, 2.05) is 43.3 Å². The first-order valence-corrected chi connectivity index (χ1v) is 5.89. The van der Waals surface area contributed by atoms with Gasteiger partial charge in [0.2, 0.25) is 0 Å². The van der Waals surface area contributed by atoms with Crippen molar-refractivity contribution in [2.75, 3.05) is 0 Å². The molecule has 93 valence electrons. The summed E-state index contributed by atoms with van der Waals surface area (Å²) >= 11 is 0. The molecule has 2 aromatic heterocycles. The third kappa shape index (κ3) is 3.71. The number of hydrogen-bond acceptors (Lipinski definition) is 3. The van der Waals surface area contributed by atoms with Crippen molar-refractivity contribution in [1.82, 2.24) is 9.97 Å². The molecule has 3 rings (SSSR count). The van der Waals surface area contributed by atoms with Gasteiger partial charge in [0.25, 0.3) is 0 Å². The predicted molar refractivity (Wildman–Crippen MR) is 74.9 cm³/mol. The van der Waals surface area contributed by atoms with Crippen LogP contribution in [0.3, 0.4) is 0 Å². The highest BCUT2D eigenvalue weighted by atomic mass is 16.1. The van der Waals surface area contributed by atoms with Crippen LogP contribution in [-0.2, 0) is 0 Å². The van der Waals surface area contributed by atoms with Gasteiger partial charge in [-0.2, -0.15) is 0 Å². The largest absolute Gasteiger partial charge is 0.298 e. The van der Waals surface area contributed by atoms with Crippen LogP contribution in [-0.4, -0.2) is 16.3 Å². The number of carbonyl (C=O) groups excluding carboxylic acids is 1. The predicted octanol–water partition coefficient (Wildman–Crippen LogP) is 3.24. The number of aldehydes is 1. The molecule has 3 aromatic rings. The van der Waals surface area contributed by atoms with Crippen molar-refractivity contribution < 1.29 is 4.79 Å². The number of hydrogen-bond donors (Lipinski definition) is 0. The minimum atomic E-state index is 0.557. The van der Waals surface area contributed by atoms with Crippen molar-refractivity contribution in [3.05, 3.63) is 72.1 Å². The van der Waals surface area contributed by atoms with E-state index in [0.29, 0.717) is 5.56 Å². The SMILES string of the molecule is Cc1[c]cccc1.O=Cc1cnc2cccnc2c1. The third-order valence-corrected chi connectivity index (χ3v) is 2.47. The van der Waals surface area contributed by atoms with E-state index in [1.54, 1.807) is 12.3 Å². The molecule has 0 aliphatic rings. The fraction of sp³-hybridized carbons (Fsp3) is 0.0625. The number of nitrogens with zero attached hydrogens (tertiary/aromatic N) is 2. The van der Waals surface area contributed by atoms with Crippen molar-refractivity contribution >= 4 is 17.3 Å². The Morgan fingerprint density at radius 2 is 2.00 bits per heavy atom. The van der Waals surface area contributed by atoms with E-state index in [0.717, 1.165) is 17.3 Å². The van der Waals surface area contributed by atoms with Crippen LogP contribution in [0.5, 0.6) is 0 Å². The van der Waals surface area contributed by atoms with Crippen LogP contribution < -0.4 is 0 Å². The topological polar surface area (TPSA) is 42.9 Å². The Hall–Kier alpha value is -2.55. The molecule has 0 fully saturated rings. The quantitative estimate of drug-likeness (QED) is 0.622. The molecule has 19 heavy (non-hydrogen) atoms. The highest BCUT2D eigenvalue weighted by Gasteiger charge is 1.95. The number of benzene rings is 1. The lowest BCUT2D eigenvalue weighted by molar-refractivity contribution is 0.112. The second-order valence-corrected chi connectivity index (χ2v) is 3.97. The Balaban J connectivity index is 0.000000163. The molecule has 0 bridgehead atoms. The van der Waals surface area contributed by atoms with Gasteiger partial charge in [-0.3, -0.25) is 14.8 Å². The molecule has 1 aromatic carbocycles. The molecule has 0 aliphatic heterocycles. The monoisotopic (exact) mass is 249 g/mol. The smallest absolute Gasteiger partial charge is 0.151 e. The summed E-state index contributed by atoms with van der Waals surface area (Å²) in [5.74, 6) is 0. The molecule has 0 amide bonds. The van der Waals surface area contributed by atoms with Crippen molar-refractivity contribution in [2.45, 2.75) is 6.92 Å². The van der Waals surface area contributed by atoms with Gasteiger partial charge in [0.15, 0.2) is 6.29 Å². The lowest BCUT2D eigenvalue weighted by Crippen LogP contribution is -1.85. The van der Waals surface area contributed by atoms with Gasteiger partial charge in [-0.1, -0.05) is 24.3 Å². The second kappa shape index (κ2) is 6.40. The lowest BCUT2D eigenvalue weighted by Gasteiger charge is -1.94. The number of fused-ring (bicyclic) bond motifs is 1. The van der Waals surface area contributed by atoms with Crippen molar-refractivity contribution in [3.8, 4) is 0 Å². The van der Waals surface area contributed by atoms with Gasteiger partial charge in [-0.15, -0.1) is 0 Å². The molecular weight excluding hydrogens is 236 g/mol. The minimum absolute atomic E-state index is 0.557. The van der Waals surface area contributed by atoms with Crippen LogP contribution in [0.25, 0.3) is 11.0 Å². The van der Waals surface area contributed by atoms with Crippen molar-refractivity contribution in [3.63, 3.8) is 0 Å². The Morgan fingerprint density at radius 1 is 1.11 bits per heavy atom. The van der Waals surface area contributed by atoms with Gasteiger partial charge in [0, 0.05) is 18.0 Å². The van der Waals surface area contributed by atoms with Crippen molar-refractivity contribution in [2.24, 2.45) is 0 Å². The Bertz CT molecular complexity index is 666. The summed E-state index contributed by atoms with van der Waals surface area (Å²) in [6, 6.07) is 16.3. The zero-order chi connectivity index (χ0) is 13.5. The van der Waals surface area contributed by atoms with Gasteiger partial charge >= 0.3 is 0 Å². The van der Waals surface area contributed by atoms with Gasteiger partial charge in [0.1, 0.15) is 0 Å². The molecule has 1 radical (unpaired) electrons. The molecule has 0 saturated heterocycles. The summed E-state index contributed by atoms with van der Waals surface area (Å²) < 4.78 is 0. The van der Waals surface area contributed by atoms with E-state index in [2.05, 4.69) is 16.0 Å².